The summed E-state index contributed by atoms with van der Waals surface area (Å²) in [5.41, 5.74) is 2.33. The fourth-order valence-electron chi connectivity index (χ4n) is 2.31. The number of nitro groups is 1. The predicted molar refractivity (Wildman–Crippen MR) is 89.0 cm³/mol. The van der Waals surface area contributed by atoms with Crippen LogP contribution in [-0.4, -0.2) is 22.8 Å². The molecule has 2 aromatic carbocycles. The first-order chi connectivity index (χ1) is 11.5. The minimum Gasteiger partial charge on any atom is -0.341 e. The van der Waals surface area contributed by atoms with Crippen LogP contribution in [0.4, 0.5) is 5.69 Å². The molecule has 0 aliphatic rings. The minimum absolute atomic E-state index is 0.0332. The first-order valence-corrected chi connectivity index (χ1v) is 7.46. The maximum Gasteiger partial charge on any atom is 0.269 e. The standard InChI is InChI=1S/C18H17N3O3/c1-20(13-16-7-5-15(12-19)6-8-16)18(22)10-9-14-3-2-4-17(11-14)21(23)24/h2-8,11H,9-10,13H2,1H3. The lowest BCUT2D eigenvalue weighted by atomic mass is 10.1. The van der Waals surface area contributed by atoms with E-state index in [2.05, 4.69) is 6.07 Å². The average molecular weight is 323 g/mol. The third-order valence-electron chi connectivity index (χ3n) is 3.68. The van der Waals surface area contributed by atoms with Gasteiger partial charge in [0.1, 0.15) is 0 Å². The van der Waals surface area contributed by atoms with Crippen molar-refractivity contribution in [1.82, 2.24) is 4.90 Å². The summed E-state index contributed by atoms with van der Waals surface area (Å²) in [6.45, 7) is 0.458. The highest BCUT2D eigenvalue weighted by Crippen LogP contribution is 2.15. The van der Waals surface area contributed by atoms with Gasteiger partial charge in [0, 0.05) is 32.1 Å². The number of amides is 1. The number of hydrogen-bond acceptors (Lipinski definition) is 4. The summed E-state index contributed by atoms with van der Waals surface area (Å²) in [5.74, 6) is -0.0362. The summed E-state index contributed by atoms with van der Waals surface area (Å²) < 4.78 is 0. The topological polar surface area (TPSA) is 87.2 Å². The number of benzene rings is 2. The fourth-order valence-corrected chi connectivity index (χ4v) is 2.31. The van der Waals surface area contributed by atoms with Gasteiger partial charge in [-0.25, -0.2) is 0 Å². The van der Waals surface area contributed by atoms with E-state index < -0.39 is 4.92 Å². The zero-order valence-electron chi connectivity index (χ0n) is 13.3. The van der Waals surface area contributed by atoms with Crippen LogP contribution in [0.5, 0.6) is 0 Å². The number of nitrogens with zero attached hydrogens (tertiary/aromatic N) is 3. The molecule has 0 heterocycles. The number of nitriles is 1. The van der Waals surface area contributed by atoms with Gasteiger partial charge >= 0.3 is 0 Å². The van der Waals surface area contributed by atoms with Gasteiger partial charge in [-0.15, -0.1) is 0 Å². The molecule has 0 aliphatic carbocycles. The summed E-state index contributed by atoms with van der Waals surface area (Å²) in [6, 6.07) is 15.5. The Kier molecular flexibility index (Phi) is 5.63. The van der Waals surface area contributed by atoms with E-state index in [1.807, 2.05) is 12.1 Å². The van der Waals surface area contributed by atoms with Gasteiger partial charge in [-0.2, -0.15) is 5.26 Å². The molecule has 0 fully saturated rings. The quantitative estimate of drug-likeness (QED) is 0.604. The highest BCUT2D eigenvalue weighted by atomic mass is 16.6. The molecule has 0 unspecified atom stereocenters. The molecule has 24 heavy (non-hydrogen) atoms. The van der Waals surface area contributed by atoms with Gasteiger partial charge in [0.25, 0.3) is 5.69 Å². The molecule has 2 aromatic rings. The number of rotatable bonds is 6. The van der Waals surface area contributed by atoms with Gasteiger partial charge < -0.3 is 4.90 Å². The van der Waals surface area contributed by atoms with Crippen LogP contribution in [0.1, 0.15) is 23.1 Å². The fraction of sp³-hybridized carbons (Fsp3) is 0.222. The summed E-state index contributed by atoms with van der Waals surface area (Å²) in [7, 11) is 1.72. The van der Waals surface area contributed by atoms with Gasteiger partial charge in [-0.3, -0.25) is 14.9 Å². The van der Waals surface area contributed by atoms with Crippen LogP contribution >= 0.6 is 0 Å². The van der Waals surface area contributed by atoms with Crippen LogP contribution in [0.15, 0.2) is 48.5 Å². The molecule has 122 valence electrons. The molecular formula is C18H17N3O3. The first kappa shape index (κ1) is 17.2. The number of non-ortho nitro benzene ring substituents is 1. The molecular weight excluding hydrogens is 306 g/mol. The first-order valence-electron chi connectivity index (χ1n) is 7.46. The summed E-state index contributed by atoms with van der Waals surface area (Å²) in [5, 5.41) is 19.5. The van der Waals surface area contributed by atoms with Crippen molar-refractivity contribution in [3.8, 4) is 6.07 Å². The lowest BCUT2D eigenvalue weighted by Crippen LogP contribution is -2.26. The second kappa shape index (κ2) is 7.88. The van der Waals surface area contributed by atoms with Crippen molar-refractivity contribution < 1.29 is 9.72 Å². The lowest BCUT2D eigenvalue weighted by Gasteiger charge is -2.17. The maximum absolute atomic E-state index is 12.2. The Labute approximate surface area is 140 Å². The van der Waals surface area contributed by atoms with Crippen molar-refractivity contribution in [1.29, 1.82) is 5.26 Å². The monoisotopic (exact) mass is 323 g/mol. The highest BCUT2D eigenvalue weighted by molar-refractivity contribution is 5.76. The zero-order valence-corrected chi connectivity index (χ0v) is 13.3. The van der Waals surface area contributed by atoms with E-state index in [9.17, 15) is 14.9 Å². The second-order valence-corrected chi connectivity index (χ2v) is 5.49. The SMILES string of the molecule is CN(Cc1ccc(C#N)cc1)C(=O)CCc1cccc([N+](=O)[O-])c1. The predicted octanol–water partition coefficient (Wildman–Crippen LogP) is 3.06. The Hall–Kier alpha value is -3.20. The van der Waals surface area contributed by atoms with E-state index in [0.717, 1.165) is 11.1 Å². The molecule has 0 aliphatic heterocycles. The molecule has 0 saturated heterocycles. The maximum atomic E-state index is 12.2. The van der Waals surface area contributed by atoms with Gasteiger partial charge in [-0.1, -0.05) is 24.3 Å². The summed E-state index contributed by atoms with van der Waals surface area (Å²) >= 11 is 0. The minimum atomic E-state index is -0.442. The third-order valence-corrected chi connectivity index (χ3v) is 3.68. The molecule has 0 radical (unpaired) electrons. The number of nitro benzene ring substituents is 1. The van der Waals surface area contributed by atoms with E-state index in [4.69, 9.17) is 5.26 Å². The smallest absolute Gasteiger partial charge is 0.269 e. The molecule has 0 spiro atoms. The van der Waals surface area contributed by atoms with Gasteiger partial charge in [-0.05, 0) is 29.7 Å². The van der Waals surface area contributed by atoms with Crippen molar-refractivity contribution in [3.05, 3.63) is 75.3 Å². The third kappa shape index (κ3) is 4.65. The van der Waals surface area contributed by atoms with Crippen LogP contribution in [0.25, 0.3) is 0 Å². The Morgan fingerprint density at radius 1 is 1.21 bits per heavy atom. The number of aryl methyl sites for hydroxylation is 1. The molecule has 0 bridgehead atoms. The Morgan fingerprint density at radius 3 is 2.54 bits per heavy atom. The van der Waals surface area contributed by atoms with Gasteiger partial charge in [0.15, 0.2) is 0 Å². The molecule has 0 atom stereocenters. The van der Waals surface area contributed by atoms with E-state index in [1.165, 1.54) is 12.1 Å². The summed E-state index contributed by atoms with van der Waals surface area (Å²) in [6.07, 6.45) is 0.742. The van der Waals surface area contributed by atoms with Crippen LogP contribution in [0.3, 0.4) is 0 Å². The molecule has 0 aromatic heterocycles. The number of carbonyl (C=O) groups excluding carboxylic acids is 1. The zero-order chi connectivity index (χ0) is 17.5. The average Bonchev–Trinajstić information content (AvgIpc) is 2.60. The van der Waals surface area contributed by atoms with E-state index in [-0.39, 0.29) is 18.0 Å². The lowest BCUT2D eigenvalue weighted by molar-refractivity contribution is -0.384. The van der Waals surface area contributed by atoms with Crippen LogP contribution in [0, 0.1) is 21.4 Å². The van der Waals surface area contributed by atoms with Crippen molar-refractivity contribution in [2.75, 3.05) is 7.05 Å². The van der Waals surface area contributed by atoms with Crippen molar-refractivity contribution >= 4 is 11.6 Å². The molecule has 0 N–H and O–H groups in total. The highest BCUT2D eigenvalue weighted by Gasteiger charge is 2.11. The largest absolute Gasteiger partial charge is 0.341 e. The van der Waals surface area contributed by atoms with Gasteiger partial charge in [0.2, 0.25) is 5.91 Å². The molecule has 6 heteroatoms. The van der Waals surface area contributed by atoms with Crippen molar-refractivity contribution in [2.45, 2.75) is 19.4 Å². The van der Waals surface area contributed by atoms with Crippen LogP contribution in [0.2, 0.25) is 0 Å². The Balaban J connectivity index is 1.90. The normalized spacial score (nSPS) is 10.0. The van der Waals surface area contributed by atoms with Crippen molar-refractivity contribution in [3.63, 3.8) is 0 Å². The Morgan fingerprint density at radius 2 is 1.92 bits per heavy atom. The van der Waals surface area contributed by atoms with Gasteiger partial charge in [0.05, 0.1) is 16.6 Å². The second-order valence-electron chi connectivity index (χ2n) is 5.49. The summed E-state index contributed by atoms with van der Waals surface area (Å²) in [4.78, 5) is 24.1. The van der Waals surface area contributed by atoms with Crippen LogP contribution < -0.4 is 0 Å². The Bertz CT molecular complexity index is 779. The molecule has 0 saturated carbocycles. The van der Waals surface area contributed by atoms with E-state index >= 15 is 0 Å². The molecule has 6 nitrogen and oxygen atoms in total. The number of carbonyl (C=O) groups is 1. The van der Waals surface area contributed by atoms with Crippen LogP contribution in [-0.2, 0) is 17.8 Å². The molecule has 1 amide bonds. The number of hydrogen-bond donors (Lipinski definition) is 0. The molecule has 2 rings (SSSR count). The van der Waals surface area contributed by atoms with E-state index in [0.29, 0.717) is 18.5 Å². The van der Waals surface area contributed by atoms with Crippen molar-refractivity contribution in [2.24, 2.45) is 0 Å². The van der Waals surface area contributed by atoms with E-state index in [1.54, 1.807) is 36.2 Å².